The van der Waals surface area contributed by atoms with Gasteiger partial charge in [-0.2, -0.15) is 0 Å². The first kappa shape index (κ1) is 21.0. The van der Waals surface area contributed by atoms with Crippen molar-refractivity contribution >= 4 is 22.8 Å². The Morgan fingerprint density at radius 2 is 1.97 bits per heavy atom. The number of rotatable bonds is 6. The molecule has 0 spiro atoms. The quantitative estimate of drug-likeness (QED) is 0.346. The Kier molecular flexibility index (Phi) is 5.49. The number of hydrogen-bond acceptors (Lipinski definition) is 6. The molecule has 0 aliphatic rings. The van der Waals surface area contributed by atoms with Crippen molar-refractivity contribution in [3.8, 4) is 34.0 Å². The van der Waals surface area contributed by atoms with Crippen LogP contribution in [0.3, 0.4) is 0 Å². The monoisotopic (exact) mass is 452 g/mol. The first-order valence-corrected chi connectivity index (χ1v) is 10.2. The predicted molar refractivity (Wildman–Crippen MR) is 126 cm³/mol. The van der Waals surface area contributed by atoms with Gasteiger partial charge in [0.2, 0.25) is 11.8 Å². The van der Waals surface area contributed by atoms with Gasteiger partial charge in [-0.25, -0.2) is 14.4 Å². The van der Waals surface area contributed by atoms with Crippen molar-refractivity contribution in [3.05, 3.63) is 91.9 Å². The minimum Gasteiger partial charge on any atom is -0.437 e. The molecule has 0 atom stereocenters. The summed E-state index contributed by atoms with van der Waals surface area (Å²) in [5.41, 5.74) is 4.56. The van der Waals surface area contributed by atoms with E-state index in [0.717, 1.165) is 17.3 Å². The number of pyridine rings is 2. The topological polar surface area (TPSA) is 106 Å². The van der Waals surface area contributed by atoms with Crippen LogP contribution < -0.4 is 10.1 Å². The summed E-state index contributed by atoms with van der Waals surface area (Å²) in [7, 11) is 0. The number of carbonyl (C=O) groups is 1. The van der Waals surface area contributed by atoms with E-state index in [4.69, 9.17) is 4.74 Å². The predicted octanol–water partition coefficient (Wildman–Crippen LogP) is 5.14. The van der Waals surface area contributed by atoms with Gasteiger partial charge in [0, 0.05) is 47.0 Å². The Labute approximate surface area is 193 Å². The molecule has 9 heteroatoms. The fourth-order valence-corrected chi connectivity index (χ4v) is 3.37. The fourth-order valence-electron chi connectivity index (χ4n) is 3.37. The van der Waals surface area contributed by atoms with Crippen molar-refractivity contribution in [1.29, 1.82) is 0 Å². The summed E-state index contributed by atoms with van der Waals surface area (Å²) in [6.45, 7) is 3.44. The molecule has 4 heterocycles. The number of nitrogens with one attached hydrogen (secondary N) is 2. The molecule has 4 aromatic heterocycles. The van der Waals surface area contributed by atoms with E-state index >= 15 is 0 Å². The largest absolute Gasteiger partial charge is 0.437 e. The van der Waals surface area contributed by atoms with Gasteiger partial charge in [-0.3, -0.25) is 14.8 Å². The summed E-state index contributed by atoms with van der Waals surface area (Å²) in [6.07, 6.45) is 8.89. The third kappa shape index (κ3) is 4.35. The molecule has 5 rings (SSSR count). The fraction of sp³-hybridized carbons (Fsp3) is 0. The highest BCUT2D eigenvalue weighted by Crippen LogP contribution is 2.30. The molecule has 2 N–H and O–H groups in total. The van der Waals surface area contributed by atoms with Gasteiger partial charge in [-0.05, 0) is 30.3 Å². The SMILES string of the molecule is C=CC(=O)Nc1cccc(Oc2cnc3[nH]cc(-c4ccc(-c5cncc(F)c5)nc4)c3n2)c1. The summed E-state index contributed by atoms with van der Waals surface area (Å²) in [6, 6.07) is 12.0. The van der Waals surface area contributed by atoms with Crippen LogP contribution in [0.25, 0.3) is 33.5 Å². The minimum atomic E-state index is -0.420. The van der Waals surface area contributed by atoms with Crippen LogP contribution in [0, 0.1) is 5.82 Å². The first-order chi connectivity index (χ1) is 16.6. The maximum atomic E-state index is 13.5. The van der Waals surface area contributed by atoms with Crippen LogP contribution in [0.1, 0.15) is 0 Å². The molecular formula is C25H17FN6O2. The van der Waals surface area contributed by atoms with Crippen molar-refractivity contribution in [1.82, 2.24) is 24.9 Å². The second-order valence-corrected chi connectivity index (χ2v) is 7.26. The van der Waals surface area contributed by atoms with Crippen LogP contribution in [0.15, 0.2) is 86.1 Å². The second-order valence-electron chi connectivity index (χ2n) is 7.26. The van der Waals surface area contributed by atoms with Crippen molar-refractivity contribution in [2.75, 3.05) is 5.32 Å². The van der Waals surface area contributed by atoms with E-state index in [9.17, 15) is 9.18 Å². The summed E-state index contributed by atoms with van der Waals surface area (Å²) in [5, 5.41) is 2.68. The number of anilines is 1. The standard InChI is InChI=1S/C25H17FN6O2/c1-2-22(33)31-18-4-3-5-19(9-18)34-23-14-30-25-24(32-23)20(13-29-25)15-6-7-21(28-11-15)16-8-17(26)12-27-10-16/h2-14H,1H2,(H,29,30)(H,31,33). The van der Waals surface area contributed by atoms with Gasteiger partial charge in [-0.1, -0.05) is 18.7 Å². The number of hydrogen-bond donors (Lipinski definition) is 2. The van der Waals surface area contributed by atoms with Crippen LogP contribution in [0.5, 0.6) is 11.6 Å². The van der Waals surface area contributed by atoms with Gasteiger partial charge < -0.3 is 15.0 Å². The highest BCUT2D eigenvalue weighted by molar-refractivity contribution is 5.99. The third-order valence-electron chi connectivity index (χ3n) is 4.94. The lowest BCUT2D eigenvalue weighted by Gasteiger charge is -2.08. The number of carbonyl (C=O) groups excluding carboxylic acids is 1. The van der Waals surface area contributed by atoms with Crippen molar-refractivity contribution in [2.24, 2.45) is 0 Å². The number of halogens is 1. The molecule has 5 aromatic rings. The lowest BCUT2D eigenvalue weighted by molar-refractivity contribution is -0.111. The molecule has 166 valence electrons. The van der Waals surface area contributed by atoms with E-state index in [1.807, 2.05) is 6.07 Å². The highest BCUT2D eigenvalue weighted by atomic mass is 19.1. The summed E-state index contributed by atoms with van der Waals surface area (Å²) in [4.78, 5) is 31.9. The van der Waals surface area contributed by atoms with Crippen LogP contribution in [-0.2, 0) is 4.79 Å². The van der Waals surface area contributed by atoms with E-state index in [1.54, 1.807) is 48.9 Å². The van der Waals surface area contributed by atoms with E-state index in [-0.39, 0.29) is 11.8 Å². The number of ether oxygens (including phenoxy) is 1. The van der Waals surface area contributed by atoms with E-state index < -0.39 is 5.82 Å². The number of H-pyrrole nitrogens is 1. The van der Waals surface area contributed by atoms with Gasteiger partial charge in [0.05, 0.1) is 18.1 Å². The molecule has 34 heavy (non-hydrogen) atoms. The minimum absolute atomic E-state index is 0.288. The molecule has 1 aromatic carbocycles. The summed E-state index contributed by atoms with van der Waals surface area (Å²) < 4.78 is 19.3. The maximum Gasteiger partial charge on any atom is 0.247 e. The first-order valence-electron chi connectivity index (χ1n) is 10.2. The van der Waals surface area contributed by atoms with Crippen molar-refractivity contribution < 1.29 is 13.9 Å². The molecule has 0 aliphatic carbocycles. The molecule has 0 fully saturated rings. The molecule has 1 amide bonds. The molecular weight excluding hydrogens is 435 g/mol. The second kappa shape index (κ2) is 8.91. The lowest BCUT2D eigenvalue weighted by atomic mass is 10.1. The van der Waals surface area contributed by atoms with Crippen LogP contribution in [0.4, 0.5) is 10.1 Å². The molecule has 0 aliphatic heterocycles. The average Bonchev–Trinajstić information content (AvgIpc) is 3.27. The van der Waals surface area contributed by atoms with Crippen LogP contribution in [0.2, 0.25) is 0 Å². The van der Waals surface area contributed by atoms with Crippen LogP contribution in [-0.4, -0.2) is 30.8 Å². The van der Waals surface area contributed by atoms with E-state index in [1.165, 1.54) is 18.3 Å². The zero-order valence-corrected chi connectivity index (χ0v) is 17.7. The Bertz CT molecular complexity index is 1510. The Morgan fingerprint density at radius 3 is 2.76 bits per heavy atom. The van der Waals surface area contributed by atoms with Gasteiger partial charge in [0.25, 0.3) is 0 Å². The Hall–Kier alpha value is -4.92. The molecule has 0 radical (unpaired) electrons. The zero-order valence-electron chi connectivity index (χ0n) is 17.7. The lowest BCUT2D eigenvalue weighted by Crippen LogP contribution is -2.07. The van der Waals surface area contributed by atoms with E-state index in [0.29, 0.717) is 33.9 Å². The van der Waals surface area contributed by atoms with Gasteiger partial charge in [0.15, 0.2) is 5.65 Å². The zero-order chi connectivity index (χ0) is 23.5. The molecule has 0 bridgehead atoms. The van der Waals surface area contributed by atoms with E-state index in [2.05, 4.69) is 36.8 Å². The van der Waals surface area contributed by atoms with Crippen molar-refractivity contribution in [2.45, 2.75) is 0 Å². The molecule has 8 nitrogen and oxygen atoms in total. The van der Waals surface area contributed by atoms with Gasteiger partial charge in [-0.15, -0.1) is 0 Å². The maximum absolute atomic E-state index is 13.5. The molecule has 0 saturated heterocycles. The summed E-state index contributed by atoms with van der Waals surface area (Å²) >= 11 is 0. The van der Waals surface area contributed by atoms with Crippen molar-refractivity contribution in [3.63, 3.8) is 0 Å². The third-order valence-corrected chi connectivity index (χ3v) is 4.94. The molecule has 0 saturated carbocycles. The Morgan fingerprint density at radius 1 is 1.06 bits per heavy atom. The smallest absolute Gasteiger partial charge is 0.247 e. The Balaban J connectivity index is 1.42. The number of aromatic nitrogens is 5. The number of amides is 1. The average molecular weight is 452 g/mol. The highest BCUT2D eigenvalue weighted by Gasteiger charge is 2.12. The number of nitrogens with zero attached hydrogens (tertiary/aromatic N) is 4. The number of fused-ring (bicyclic) bond motifs is 1. The molecule has 0 unspecified atom stereocenters. The normalized spacial score (nSPS) is 10.7. The summed E-state index contributed by atoms with van der Waals surface area (Å²) in [5.74, 6) is 0.0401. The van der Waals surface area contributed by atoms with Gasteiger partial charge in [0.1, 0.15) is 17.1 Å². The van der Waals surface area contributed by atoms with Gasteiger partial charge >= 0.3 is 0 Å². The number of benzene rings is 1. The van der Waals surface area contributed by atoms with Crippen LogP contribution >= 0.6 is 0 Å². The number of aromatic amines is 1.